The monoisotopic (exact) mass is 195 g/mol. The van der Waals surface area contributed by atoms with E-state index in [9.17, 15) is 5.11 Å². The van der Waals surface area contributed by atoms with Gasteiger partial charge in [-0.2, -0.15) is 0 Å². The van der Waals surface area contributed by atoms with Gasteiger partial charge in [-0.3, -0.25) is 0 Å². The van der Waals surface area contributed by atoms with Crippen LogP contribution in [0.3, 0.4) is 0 Å². The summed E-state index contributed by atoms with van der Waals surface area (Å²) < 4.78 is 2.05. The highest BCUT2D eigenvalue weighted by Crippen LogP contribution is 2.26. The Balaban J connectivity index is 2.25. The zero-order valence-electron chi connectivity index (χ0n) is 8.53. The third kappa shape index (κ3) is 1.55. The van der Waals surface area contributed by atoms with Crippen molar-refractivity contribution >= 4 is 0 Å². The molecule has 4 nitrogen and oxygen atoms in total. The van der Waals surface area contributed by atoms with Gasteiger partial charge in [0.25, 0.3) is 0 Å². The Morgan fingerprint density at radius 3 is 3.21 bits per heavy atom. The second-order valence-corrected chi connectivity index (χ2v) is 3.90. The Hall–Kier alpha value is -0.870. The van der Waals surface area contributed by atoms with E-state index in [1.165, 1.54) is 0 Å². The predicted octanol–water partition coefficient (Wildman–Crippen LogP) is 0.474. The van der Waals surface area contributed by atoms with Gasteiger partial charge in [-0.05, 0) is 19.4 Å². The number of nitrogens with one attached hydrogen (secondary N) is 1. The van der Waals surface area contributed by atoms with E-state index in [1.54, 1.807) is 6.20 Å². The van der Waals surface area contributed by atoms with E-state index < -0.39 is 5.60 Å². The number of aryl methyl sites for hydroxylation is 1. The van der Waals surface area contributed by atoms with Gasteiger partial charge in [0.1, 0.15) is 11.4 Å². The highest BCUT2D eigenvalue weighted by Gasteiger charge is 2.36. The Morgan fingerprint density at radius 2 is 2.57 bits per heavy atom. The third-order valence-corrected chi connectivity index (χ3v) is 2.73. The van der Waals surface area contributed by atoms with Crippen LogP contribution < -0.4 is 5.32 Å². The van der Waals surface area contributed by atoms with E-state index in [2.05, 4.69) is 17.2 Å². The van der Waals surface area contributed by atoms with Crippen LogP contribution in [0, 0.1) is 0 Å². The molecule has 14 heavy (non-hydrogen) atoms. The molecular formula is C10H17N3O. The fourth-order valence-electron chi connectivity index (χ4n) is 2.01. The molecule has 2 N–H and O–H groups in total. The second kappa shape index (κ2) is 3.71. The van der Waals surface area contributed by atoms with Crippen molar-refractivity contribution in [2.24, 2.45) is 0 Å². The molecule has 2 heterocycles. The van der Waals surface area contributed by atoms with Gasteiger partial charge in [0.2, 0.25) is 0 Å². The van der Waals surface area contributed by atoms with E-state index in [-0.39, 0.29) is 0 Å². The van der Waals surface area contributed by atoms with Crippen LogP contribution in [0.15, 0.2) is 12.4 Å². The normalized spacial score (nSPS) is 27.0. The van der Waals surface area contributed by atoms with Gasteiger partial charge >= 0.3 is 0 Å². The van der Waals surface area contributed by atoms with Crippen LogP contribution in [-0.2, 0) is 12.1 Å². The summed E-state index contributed by atoms with van der Waals surface area (Å²) in [5.41, 5.74) is -0.751. The molecule has 1 aromatic heterocycles. The Kier molecular flexibility index (Phi) is 2.56. The van der Waals surface area contributed by atoms with Gasteiger partial charge < -0.3 is 15.0 Å². The zero-order chi connectivity index (χ0) is 10.0. The average molecular weight is 195 g/mol. The van der Waals surface area contributed by atoms with Crippen molar-refractivity contribution in [2.45, 2.75) is 31.9 Å². The number of hydrogen-bond acceptors (Lipinski definition) is 3. The lowest BCUT2D eigenvalue weighted by atomic mass is 10.0. The summed E-state index contributed by atoms with van der Waals surface area (Å²) in [5, 5.41) is 13.5. The number of imidazole rings is 1. The highest BCUT2D eigenvalue weighted by molar-refractivity contribution is 5.08. The molecule has 1 unspecified atom stereocenters. The topological polar surface area (TPSA) is 50.1 Å². The van der Waals surface area contributed by atoms with Crippen LogP contribution >= 0.6 is 0 Å². The van der Waals surface area contributed by atoms with Crippen LogP contribution in [0.25, 0.3) is 0 Å². The number of β-amino-alcohol motifs (C(OH)–C–C–N with tert-alkyl or cyclic N) is 1. The number of aliphatic hydroxyl groups is 1. The first-order valence-corrected chi connectivity index (χ1v) is 5.21. The second-order valence-electron chi connectivity index (χ2n) is 3.90. The first-order chi connectivity index (χ1) is 6.76. The summed E-state index contributed by atoms with van der Waals surface area (Å²) in [7, 11) is 0. The van der Waals surface area contributed by atoms with Crippen molar-refractivity contribution in [1.82, 2.24) is 14.9 Å². The van der Waals surface area contributed by atoms with Crippen LogP contribution in [0.4, 0.5) is 0 Å². The minimum absolute atomic E-state index is 0.619. The molecule has 1 atom stereocenters. The summed E-state index contributed by atoms with van der Waals surface area (Å²) in [6, 6.07) is 0. The van der Waals surface area contributed by atoms with Gasteiger partial charge in [0, 0.05) is 25.5 Å². The maximum atomic E-state index is 10.3. The largest absolute Gasteiger partial charge is 0.381 e. The molecule has 78 valence electrons. The molecule has 0 amide bonds. The van der Waals surface area contributed by atoms with Gasteiger partial charge in [-0.15, -0.1) is 0 Å². The molecule has 4 heteroatoms. The SMILES string of the molecule is CCCn1ccnc1C1(O)CCNC1. The van der Waals surface area contributed by atoms with Gasteiger partial charge in [-0.25, -0.2) is 4.98 Å². The van der Waals surface area contributed by atoms with E-state index in [0.29, 0.717) is 6.54 Å². The lowest BCUT2D eigenvalue weighted by Gasteiger charge is -2.21. The van der Waals surface area contributed by atoms with E-state index in [0.717, 1.165) is 31.8 Å². The van der Waals surface area contributed by atoms with Crippen molar-refractivity contribution in [3.05, 3.63) is 18.2 Å². The Morgan fingerprint density at radius 1 is 1.71 bits per heavy atom. The third-order valence-electron chi connectivity index (χ3n) is 2.73. The summed E-state index contributed by atoms with van der Waals surface area (Å²) >= 11 is 0. The van der Waals surface area contributed by atoms with E-state index in [4.69, 9.17) is 0 Å². The molecule has 0 radical (unpaired) electrons. The Bertz CT molecular complexity index is 302. The summed E-state index contributed by atoms with van der Waals surface area (Å²) in [6.45, 7) is 4.54. The summed E-state index contributed by atoms with van der Waals surface area (Å²) in [5.74, 6) is 0.810. The van der Waals surface area contributed by atoms with Crippen molar-refractivity contribution < 1.29 is 5.11 Å². The van der Waals surface area contributed by atoms with Crippen molar-refractivity contribution in [3.63, 3.8) is 0 Å². The number of hydrogen-bond donors (Lipinski definition) is 2. The molecule has 1 aromatic rings. The first-order valence-electron chi connectivity index (χ1n) is 5.21. The van der Waals surface area contributed by atoms with E-state index >= 15 is 0 Å². The fraction of sp³-hybridized carbons (Fsp3) is 0.700. The van der Waals surface area contributed by atoms with Crippen LogP contribution in [0.5, 0.6) is 0 Å². The minimum Gasteiger partial charge on any atom is -0.381 e. The maximum absolute atomic E-state index is 10.3. The van der Waals surface area contributed by atoms with Gasteiger partial charge in [0.05, 0.1) is 0 Å². The number of rotatable bonds is 3. The van der Waals surface area contributed by atoms with Crippen molar-refractivity contribution in [3.8, 4) is 0 Å². The molecule has 2 rings (SSSR count). The van der Waals surface area contributed by atoms with Crippen molar-refractivity contribution in [2.75, 3.05) is 13.1 Å². The molecule has 1 fully saturated rings. The summed E-state index contributed by atoms with van der Waals surface area (Å²) in [6.07, 6.45) is 5.52. The summed E-state index contributed by atoms with van der Waals surface area (Å²) in [4.78, 5) is 4.26. The molecular weight excluding hydrogens is 178 g/mol. The lowest BCUT2D eigenvalue weighted by molar-refractivity contribution is 0.0454. The molecule has 1 aliphatic rings. The lowest BCUT2D eigenvalue weighted by Crippen LogP contribution is -2.32. The first kappa shape index (κ1) is 9.68. The maximum Gasteiger partial charge on any atom is 0.142 e. The van der Waals surface area contributed by atoms with Gasteiger partial charge in [0.15, 0.2) is 0 Å². The Labute approximate surface area is 84.0 Å². The quantitative estimate of drug-likeness (QED) is 0.737. The molecule has 0 aliphatic carbocycles. The van der Waals surface area contributed by atoms with Crippen LogP contribution in [0.1, 0.15) is 25.6 Å². The van der Waals surface area contributed by atoms with Crippen LogP contribution in [0.2, 0.25) is 0 Å². The zero-order valence-corrected chi connectivity index (χ0v) is 8.53. The molecule has 0 bridgehead atoms. The smallest absolute Gasteiger partial charge is 0.142 e. The number of aromatic nitrogens is 2. The molecule has 1 saturated heterocycles. The highest BCUT2D eigenvalue weighted by atomic mass is 16.3. The molecule has 0 saturated carbocycles. The van der Waals surface area contributed by atoms with Gasteiger partial charge in [-0.1, -0.05) is 6.92 Å². The standard InChI is InChI=1S/C10H17N3O/c1-2-6-13-7-5-12-9(13)10(14)3-4-11-8-10/h5,7,11,14H,2-4,6,8H2,1H3. The number of nitrogens with zero attached hydrogens (tertiary/aromatic N) is 2. The van der Waals surface area contributed by atoms with Crippen molar-refractivity contribution in [1.29, 1.82) is 0 Å². The molecule has 1 aliphatic heterocycles. The average Bonchev–Trinajstić information content (AvgIpc) is 2.75. The fourth-order valence-corrected chi connectivity index (χ4v) is 2.01. The molecule has 0 aromatic carbocycles. The minimum atomic E-state index is -0.751. The van der Waals surface area contributed by atoms with E-state index in [1.807, 2.05) is 10.8 Å². The molecule has 0 spiro atoms. The van der Waals surface area contributed by atoms with Crippen LogP contribution in [-0.4, -0.2) is 27.7 Å². The predicted molar refractivity (Wildman–Crippen MR) is 53.9 cm³/mol.